The second kappa shape index (κ2) is 1.98. The molecule has 2 rings (SSSR count). The van der Waals surface area contributed by atoms with Crippen LogP contribution in [-0.4, -0.2) is 24.5 Å². The minimum Gasteiger partial charge on any atom is -0.303 e. The van der Waals surface area contributed by atoms with E-state index >= 15 is 0 Å². The van der Waals surface area contributed by atoms with Gasteiger partial charge in [-0.05, 0) is 37.8 Å². The minimum absolute atomic E-state index is 1.11. The summed E-state index contributed by atoms with van der Waals surface area (Å²) in [6.45, 7) is 6.31. The Hall–Kier alpha value is -0.0400. The summed E-state index contributed by atoms with van der Waals surface area (Å²) in [6.07, 6.45) is 3.02. The SMILES string of the molecule is CCN1CCC2CC2C1. The van der Waals surface area contributed by atoms with Crippen LogP contribution in [0.1, 0.15) is 19.8 Å². The van der Waals surface area contributed by atoms with Crippen molar-refractivity contribution in [3.8, 4) is 0 Å². The molecule has 9 heavy (non-hydrogen) atoms. The standard InChI is InChI=1S/C8H15N/c1-2-9-4-3-7-5-8(7)6-9/h7-8H,2-6H2,1H3. The Labute approximate surface area is 57.0 Å². The van der Waals surface area contributed by atoms with Gasteiger partial charge in [0.1, 0.15) is 0 Å². The zero-order valence-corrected chi connectivity index (χ0v) is 6.14. The Morgan fingerprint density at radius 2 is 2.33 bits per heavy atom. The van der Waals surface area contributed by atoms with Crippen LogP contribution in [0.15, 0.2) is 0 Å². The third-order valence-corrected chi connectivity index (χ3v) is 2.83. The molecule has 0 amide bonds. The van der Waals surface area contributed by atoms with E-state index in [9.17, 15) is 0 Å². The normalized spacial score (nSPS) is 42.3. The van der Waals surface area contributed by atoms with E-state index in [0.717, 1.165) is 11.8 Å². The lowest BCUT2D eigenvalue weighted by atomic mass is 10.1. The van der Waals surface area contributed by atoms with Gasteiger partial charge in [0.2, 0.25) is 0 Å². The van der Waals surface area contributed by atoms with E-state index in [0.29, 0.717) is 0 Å². The van der Waals surface area contributed by atoms with Crippen LogP contribution in [0.2, 0.25) is 0 Å². The third kappa shape index (κ3) is 0.983. The maximum atomic E-state index is 2.58. The topological polar surface area (TPSA) is 3.24 Å². The van der Waals surface area contributed by atoms with E-state index in [1.165, 1.54) is 32.5 Å². The van der Waals surface area contributed by atoms with Crippen LogP contribution in [0.5, 0.6) is 0 Å². The molecule has 0 aromatic heterocycles. The van der Waals surface area contributed by atoms with E-state index in [4.69, 9.17) is 0 Å². The fourth-order valence-corrected chi connectivity index (χ4v) is 1.95. The number of likely N-dealkylation sites (tertiary alicyclic amines) is 1. The van der Waals surface area contributed by atoms with Crippen LogP contribution in [0, 0.1) is 11.8 Å². The van der Waals surface area contributed by atoms with Gasteiger partial charge in [0.25, 0.3) is 0 Å². The first kappa shape index (κ1) is 5.72. The zero-order chi connectivity index (χ0) is 6.27. The van der Waals surface area contributed by atoms with E-state index in [-0.39, 0.29) is 0 Å². The van der Waals surface area contributed by atoms with Crippen LogP contribution >= 0.6 is 0 Å². The Balaban J connectivity index is 1.86. The molecule has 2 atom stereocenters. The molecule has 0 aromatic carbocycles. The van der Waals surface area contributed by atoms with Crippen molar-refractivity contribution in [1.29, 1.82) is 0 Å². The van der Waals surface area contributed by atoms with E-state index in [1.807, 2.05) is 0 Å². The van der Waals surface area contributed by atoms with Crippen LogP contribution in [0.4, 0.5) is 0 Å². The second-order valence-corrected chi connectivity index (χ2v) is 3.44. The highest BCUT2D eigenvalue weighted by molar-refractivity contribution is 4.92. The maximum Gasteiger partial charge on any atom is 0.00123 e. The molecule has 2 aliphatic rings. The smallest absolute Gasteiger partial charge is 0.00123 e. The molecule has 1 aliphatic carbocycles. The molecule has 1 nitrogen and oxygen atoms in total. The molecule has 2 fully saturated rings. The van der Waals surface area contributed by atoms with Crippen molar-refractivity contribution < 1.29 is 0 Å². The largest absolute Gasteiger partial charge is 0.303 e. The molecule has 1 aliphatic heterocycles. The summed E-state index contributed by atoms with van der Waals surface area (Å²) in [6, 6.07) is 0. The molecule has 2 unspecified atom stereocenters. The number of piperidine rings is 1. The van der Waals surface area contributed by atoms with Crippen molar-refractivity contribution >= 4 is 0 Å². The van der Waals surface area contributed by atoms with Gasteiger partial charge in [0.05, 0.1) is 0 Å². The van der Waals surface area contributed by atoms with Crippen molar-refractivity contribution in [2.45, 2.75) is 19.8 Å². The summed E-state index contributed by atoms with van der Waals surface area (Å²) < 4.78 is 0. The van der Waals surface area contributed by atoms with Gasteiger partial charge >= 0.3 is 0 Å². The van der Waals surface area contributed by atoms with Crippen LogP contribution < -0.4 is 0 Å². The molecule has 1 saturated carbocycles. The average Bonchev–Trinajstić information content (AvgIpc) is 2.64. The predicted molar refractivity (Wildman–Crippen MR) is 38.3 cm³/mol. The van der Waals surface area contributed by atoms with Crippen molar-refractivity contribution in [3.05, 3.63) is 0 Å². The van der Waals surface area contributed by atoms with E-state index in [1.54, 1.807) is 0 Å². The summed E-state index contributed by atoms with van der Waals surface area (Å²) in [5, 5.41) is 0. The summed E-state index contributed by atoms with van der Waals surface area (Å²) >= 11 is 0. The third-order valence-electron chi connectivity index (χ3n) is 2.83. The first-order valence-corrected chi connectivity index (χ1v) is 4.12. The first-order valence-electron chi connectivity index (χ1n) is 4.12. The molecular weight excluding hydrogens is 110 g/mol. The molecule has 1 heterocycles. The molecule has 0 aromatic rings. The van der Waals surface area contributed by atoms with Gasteiger partial charge in [0, 0.05) is 6.54 Å². The molecule has 1 saturated heterocycles. The van der Waals surface area contributed by atoms with Gasteiger partial charge in [-0.2, -0.15) is 0 Å². The number of nitrogens with zero attached hydrogens (tertiary/aromatic N) is 1. The first-order chi connectivity index (χ1) is 4.40. The molecule has 52 valence electrons. The van der Waals surface area contributed by atoms with Crippen molar-refractivity contribution in [3.63, 3.8) is 0 Å². The van der Waals surface area contributed by atoms with Crippen molar-refractivity contribution in [2.24, 2.45) is 11.8 Å². The molecule has 0 spiro atoms. The van der Waals surface area contributed by atoms with Gasteiger partial charge in [-0.25, -0.2) is 0 Å². The van der Waals surface area contributed by atoms with Crippen LogP contribution in [0.3, 0.4) is 0 Å². The fraction of sp³-hybridized carbons (Fsp3) is 1.00. The Kier molecular flexibility index (Phi) is 1.26. The Morgan fingerprint density at radius 1 is 1.44 bits per heavy atom. The summed E-state index contributed by atoms with van der Waals surface area (Å²) in [5.74, 6) is 2.26. The number of hydrogen-bond acceptors (Lipinski definition) is 1. The Bertz CT molecular complexity index is 111. The summed E-state index contributed by atoms with van der Waals surface area (Å²) in [4.78, 5) is 2.58. The highest BCUT2D eigenvalue weighted by Crippen LogP contribution is 2.44. The molecule has 0 N–H and O–H groups in total. The van der Waals surface area contributed by atoms with Gasteiger partial charge in [-0.15, -0.1) is 0 Å². The van der Waals surface area contributed by atoms with Crippen LogP contribution in [-0.2, 0) is 0 Å². The van der Waals surface area contributed by atoms with Crippen molar-refractivity contribution in [1.82, 2.24) is 4.90 Å². The monoisotopic (exact) mass is 125 g/mol. The average molecular weight is 125 g/mol. The Morgan fingerprint density at radius 3 is 3.00 bits per heavy atom. The van der Waals surface area contributed by atoms with Gasteiger partial charge in [0.15, 0.2) is 0 Å². The quantitative estimate of drug-likeness (QED) is 0.511. The minimum atomic E-state index is 1.11. The lowest BCUT2D eigenvalue weighted by Crippen LogP contribution is -2.30. The second-order valence-electron chi connectivity index (χ2n) is 3.44. The number of hydrogen-bond donors (Lipinski definition) is 0. The summed E-state index contributed by atoms with van der Waals surface area (Å²) in [7, 11) is 0. The van der Waals surface area contributed by atoms with E-state index in [2.05, 4.69) is 11.8 Å². The highest BCUT2D eigenvalue weighted by Gasteiger charge is 2.40. The molecule has 1 heteroatoms. The molecular formula is C8H15N. The van der Waals surface area contributed by atoms with E-state index < -0.39 is 0 Å². The molecule has 0 radical (unpaired) electrons. The number of rotatable bonds is 1. The highest BCUT2D eigenvalue weighted by atomic mass is 15.1. The van der Waals surface area contributed by atoms with Gasteiger partial charge in [-0.1, -0.05) is 6.92 Å². The lowest BCUT2D eigenvalue weighted by molar-refractivity contribution is 0.230. The lowest BCUT2D eigenvalue weighted by Gasteiger charge is -2.23. The predicted octanol–water partition coefficient (Wildman–Crippen LogP) is 1.35. The van der Waals surface area contributed by atoms with Crippen LogP contribution in [0.25, 0.3) is 0 Å². The van der Waals surface area contributed by atoms with Crippen molar-refractivity contribution in [2.75, 3.05) is 19.6 Å². The summed E-state index contributed by atoms with van der Waals surface area (Å²) in [5.41, 5.74) is 0. The van der Waals surface area contributed by atoms with Gasteiger partial charge < -0.3 is 4.90 Å². The zero-order valence-electron chi connectivity index (χ0n) is 6.14. The van der Waals surface area contributed by atoms with Gasteiger partial charge in [-0.3, -0.25) is 0 Å². The number of fused-ring (bicyclic) bond motifs is 1. The fourth-order valence-electron chi connectivity index (χ4n) is 1.95. The maximum absolute atomic E-state index is 2.58. The molecule has 0 bridgehead atoms.